The normalized spacial score (nSPS) is 14.2. The second-order valence-electron chi connectivity index (χ2n) is 10.1. The summed E-state index contributed by atoms with van der Waals surface area (Å²) in [5.41, 5.74) is 0. The SMILES string of the molecule is CCCCCCCC/C=C\C/C=C\C/C=C\CCCC(=O)OCCCOP(=O)(O)OCC[N+](C)(C)C. The van der Waals surface area contributed by atoms with Gasteiger partial charge in [-0.15, -0.1) is 0 Å². The lowest BCUT2D eigenvalue weighted by molar-refractivity contribution is -0.870. The maximum Gasteiger partial charge on any atom is 0.472 e. The molecule has 0 fully saturated rings. The summed E-state index contributed by atoms with van der Waals surface area (Å²) in [6.07, 6.45) is 26.5. The van der Waals surface area contributed by atoms with Crippen LogP contribution in [0.15, 0.2) is 36.5 Å². The van der Waals surface area contributed by atoms with Gasteiger partial charge in [0.2, 0.25) is 0 Å². The van der Waals surface area contributed by atoms with Gasteiger partial charge in [0.05, 0.1) is 34.4 Å². The van der Waals surface area contributed by atoms with Crippen LogP contribution in [0.2, 0.25) is 0 Å². The van der Waals surface area contributed by atoms with E-state index in [0.29, 0.717) is 23.9 Å². The van der Waals surface area contributed by atoms with Crippen molar-refractivity contribution in [2.75, 3.05) is 47.5 Å². The number of esters is 1. The number of carbonyl (C=O) groups is 1. The number of unbranched alkanes of at least 4 members (excludes halogenated alkanes) is 7. The number of hydrogen-bond donors (Lipinski definition) is 1. The molecular formula is C28H53NO6P+. The van der Waals surface area contributed by atoms with E-state index >= 15 is 0 Å². The Morgan fingerprint density at radius 3 is 1.94 bits per heavy atom. The van der Waals surface area contributed by atoms with E-state index in [9.17, 15) is 14.3 Å². The molecule has 0 aliphatic rings. The van der Waals surface area contributed by atoms with Crippen molar-refractivity contribution < 1.29 is 32.5 Å². The minimum atomic E-state index is -4.06. The van der Waals surface area contributed by atoms with Crippen LogP contribution < -0.4 is 0 Å². The highest BCUT2D eigenvalue weighted by Gasteiger charge is 2.22. The van der Waals surface area contributed by atoms with Gasteiger partial charge >= 0.3 is 13.8 Å². The molecule has 210 valence electrons. The number of hydrogen-bond acceptors (Lipinski definition) is 5. The van der Waals surface area contributed by atoms with Crippen molar-refractivity contribution in [3.8, 4) is 0 Å². The van der Waals surface area contributed by atoms with E-state index in [0.717, 1.165) is 25.7 Å². The van der Waals surface area contributed by atoms with E-state index < -0.39 is 7.82 Å². The lowest BCUT2D eigenvalue weighted by Gasteiger charge is -2.24. The number of phosphoric acid groups is 1. The van der Waals surface area contributed by atoms with Crippen LogP contribution >= 0.6 is 7.82 Å². The standard InChI is InChI=1S/C28H52NO6P/c1-5-6-7-8-9-10-11-12-13-14-15-16-17-18-19-20-21-23-28(30)33-25-22-26-34-36(31,32)35-27-24-29(2,3)4/h12-13,15-16,18-19H,5-11,14,17,20-27H2,1-4H3/p+1/b13-12-,16-15-,19-18-. The van der Waals surface area contributed by atoms with E-state index in [1.54, 1.807) is 0 Å². The first kappa shape index (κ1) is 34.8. The molecule has 0 aromatic carbocycles. The molecule has 7 nitrogen and oxygen atoms in total. The summed E-state index contributed by atoms with van der Waals surface area (Å²) in [5, 5.41) is 0. The maximum absolute atomic E-state index is 11.8. The zero-order chi connectivity index (χ0) is 27.0. The van der Waals surface area contributed by atoms with Crippen LogP contribution in [0.1, 0.15) is 90.4 Å². The largest absolute Gasteiger partial charge is 0.472 e. The number of likely N-dealkylation sites (N-methyl/N-ethyl adjacent to an activating group) is 1. The molecule has 0 radical (unpaired) electrons. The molecule has 0 aromatic heterocycles. The van der Waals surface area contributed by atoms with Gasteiger partial charge in [-0.2, -0.15) is 0 Å². The van der Waals surface area contributed by atoms with E-state index in [1.807, 2.05) is 21.1 Å². The Morgan fingerprint density at radius 2 is 1.31 bits per heavy atom. The van der Waals surface area contributed by atoms with Crippen molar-refractivity contribution in [3.05, 3.63) is 36.5 Å². The molecule has 0 rings (SSSR count). The molecule has 1 N–H and O–H groups in total. The van der Waals surface area contributed by atoms with Crippen molar-refractivity contribution in [1.29, 1.82) is 0 Å². The van der Waals surface area contributed by atoms with Crippen LogP contribution in [-0.4, -0.2) is 62.9 Å². The summed E-state index contributed by atoms with van der Waals surface area (Å²) in [6.45, 7) is 3.13. The van der Waals surface area contributed by atoms with Crippen molar-refractivity contribution in [2.45, 2.75) is 90.4 Å². The minimum absolute atomic E-state index is 0.00337. The fourth-order valence-electron chi connectivity index (χ4n) is 3.15. The topological polar surface area (TPSA) is 82.1 Å². The molecule has 0 aliphatic heterocycles. The molecule has 36 heavy (non-hydrogen) atoms. The van der Waals surface area contributed by atoms with E-state index in [4.69, 9.17) is 13.8 Å². The van der Waals surface area contributed by atoms with Gasteiger partial charge in [-0.25, -0.2) is 4.57 Å². The van der Waals surface area contributed by atoms with Gasteiger partial charge in [-0.3, -0.25) is 13.8 Å². The Bertz CT molecular complexity index is 669. The number of allylic oxidation sites excluding steroid dienone is 6. The van der Waals surface area contributed by atoms with Crippen LogP contribution in [0.25, 0.3) is 0 Å². The molecule has 0 saturated carbocycles. The van der Waals surface area contributed by atoms with Gasteiger partial charge in [0, 0.05) is 12.8 Å². The average molecular weight is 531 g/mol. The predicted octanol–water partition coefficient (Wildman–Crippen LogP) is 7.13. The quantitative estimate of drug-likeness (QED) is 0.0470. The first-order chi connectivity index (χ1) is 17.2. The van der Waals surface area contributed by atoms with Crippen molar-refractivity contribution in [2.24, 2.45) is 0 Å². The third kappa shape index (κ3) is 27.3. The Kier molecular flexibility index (Phi) is 22.1. The van der Waals surface area contributed by atoms with Crippen molar-refractivity contribution in [1.82, 2.24) is 0 Å². The molecule has 0 heterocycles. The zero-order valence-corrected chi connectivity index (χ0v) is 24.3. The molecule has 0 aliphatic carbocycles. The first-order valence-corrected chi connectivity index (χ1v) is 15.2. The molecule has 0 bridgehead atoms. The number of ether oxygens (including phenoxy) is 1. The molecule has 0 aromatic rings. The number of rotatable bonds is 24. The number of carbonyl (C=O) groups excluding carboxylic acids is 1. The summed E-state index contributed by atoms with van der Waals surface area (Å²) in [7, 11) is 1.84. The summed E-state index contributed by atoms with van der Waals surface area (Å²) in [6, 6.07) is 0. The molecule has 1 atom stereocenters. The van der Waals surface area contributed by atoms with Crippen LogP contribution in [0.5, 0.6) is 0 Å². The average Bonchev–Trinajstić information content (AvgIpc) is 2.79. The van der Waals surface area contributed by atoms with Gasteiger partial charge < -0.3 is 14.1 Å². The monoisotopic (exact) mass is 530 g/mol. The highest BCUT2D eigenvalue weighted by atomic mass is 31.2. The second-order valence-corrected chi connectivity index (χ2v) is 11.5. The van der Waals surface area contributed by atoms with E-state index in [-0.39, 0.29) is 25.8 Å². The van der Waals surface area contributed by atoms with Gasteiger partial charge in [0.15, 0.2) is 0 Å². The highest BCUT2D eigenvalue weighted by Crippen LogP contribution is 2.43. The zero-order valence-electron chi connectivity index (χ0n) is 23.4. The molecule has 1 unspecified atom stereocenters. The molecule has 0 saturated heterocycles. The van der Waals surface area contributed by atoms with Crippen LogP contribution in [0, 0.1) is 0 Å². The minimum Gasteiger partial charge on any atom is -0.466 e. The fraction of sp³-hybridized carbons (Fsp3) is 0.750. The smallest absolute Gasteiger partial charge is 0.466 e. The molecule has 8 heteroatoms. The Morgan fingerprint density at radius 1 is 0.750 bits per heavy atom. The Labute approximate surface area is 220 Å². The Hall–Kier alpha value is -1.24. The third-order valence-corrected chi connectivity index (χ3v) is 6.36. The highest BCUT2D eigenvalue weighted by molar-refractivity contribution is 7.47. The molecule has 0 spiro atoms. The summed E-state index contributed by atoms with van der Waals surface area (Å²) in [4.78, 5) is 21.4. The molecule has 0 amide bonds. The van der Waals surface area contributed by atoms with Gasteiger partial charge in [-0.05, 0) is 38.5 Å². The summed E-state index contributed by atoms with van der Waals surface area (Å²) < 4.78 is 27.3. The van der Waals surface area contributed by atoms with Gasteiger partial charge in [0.1, 0.15) is 13.2 Å². The predicted molar refractivity (Wildman–Crippen MR) is 149 cm³/mol. The third-order valence-electron chi connectivity index (χ3n) is 5.34. The van der Waals surface area contributed by atoms with Crippen molar-refractivity contribution >= 4 is 13.8 Å². The fourth-order valence-corrected chi connectivity index (χ4v) is 3.90. The Balaban J connectivity index is 3.58. The van der Waals surface area contributed by atoms with Crippen molar-refractivity contribution in [3.63, 3.8) is 0 Å². The molecular weight excluding hydrogens is 477 g/mol. The van der Waals surface area contributed by atoms with E-state index in [2.05, 4.69) is 43.4 Å². The maximum atomic E-state index is 11.8. The van der Waals surface area contributed by atoms with Crippen LogP contribution in [0.4, 0.5) is 0 Å². The van der Waals surface area contributed by atoms with E-state index in [1.165, 1.54) is 44.9 Å². The lowest BCUT2D eigenvalue weighted by Crippen LogP contribution is -2.37. The number of nitrogens with zero attached hydrogens (tertiary/aromatic N) is 1. The summed E-state index contributed by atoms with van der Waals surface area (Å²) >= 11 is 0. The second kappa shape index (κ2) is 22.9. The number of phosphoric ester groups is 1. The summed E-state index contributed by atoms with van der Waals surface area (Å²) in [5.74, 6) is -0.262. The lowest BCUT2D eigenvalue weighted by atomic mass is 10.1. The van der Waals surface area contributed by atoms with Gasteiger partial charge in [-0.1, -0.05) is 75.5 Å². The van der Waals surface area contributed by atoms with Gasteiger partial charge in [0.25, 0.3) is 0 Å². The van der Waals surface area contributed by atoms with Crippen LogP contribution in [0.3, 0.4) is 0 Å². The number of quaternary nitrogens is 1. The van der Waals surface area contributed by atoms with Crippen LogP contribution in [-0.2, 0) is 23.1 Å². The first-order valence-electron chi connectivity index (χ1n) is 13.7.